The molecule has 2 heterocycles. The molecule has 2 saturated heterocycles. The van der Waals surface area contributed by atoms with Gasteiger partial charge in [-0.2, -0.15) is 13.2 Å². The van der Waals surface area contributed by atoms with E-state index in [-0.39, 0.29) is 24.3 Å². The van der Waals surface area contributed by atoms with Gasteiger partial charge >= 0.3 is 18.1 Å². The summed E-state index contributed by atoms with van der Waals surface area (Å²) in [4.78, 5) is 44.8. The number of hydrogen-bond donors (Lipinski definition) is 3. The minimum atomic E-state index is -5.08. The number of carboxylic acids is 2. The molecule has 0 aliphatic carbocycles. The summed E-state index contributed by atoms with van der Waals surface area (Å²) in [6.45, 7) is 1.71. The lowest BCUT2D eigenvalue weighted by Gasteiger charge is -2.31. The van der Waals surface area contributed by atoms with E-state index in [1.54, 1.807) is 0 Å². The number of hydrogen-bond acceptors (Lipinski definition) is 5. The molecule has 2 aliphatic heterocycles. The van der Waals surface area contributed by atoms with Gasteiger partial charge in [0.1, 0.15) is 0 Å². The van der Waals surface area contributed by atoms with Gasteiger partial charge in [-0.15, -0.1) is 0 Å². The van der Waals surface area contributed by atoms with Crippen molar-refractivity contribution in [2.45, 2.75) is 43.7 Å². The molecule has 170 valence electrons. The summed E-state index contributed by atoms with van der Waals surface area (Å²) < 4.78 is 31.7. The molecule has 2 amide bonds. The third-order valence-electron chi connectivity index (χ3n) is 5.24. The molecule has 11 heteroatoms. The average molecular weight is 444 g/mol. The number of nitrogens with one attached hydrogen (secondary N) is 1. The van der Waals surface area contributed by atoms with Crippen molar-refractivity contribution in [2.75, 3.05) is 19.6 Å². The molecule has 8 nitrogen and oxygen atoms in total. The molecule has 0 radical (unpaired) electrons. The van der Waals surface area contributed by atoms with E-state index in [2.05, 4.69) is 17.4 Å². The van der Waals surface area contributed by atoms with Gasteiger partial charge in [0.05, 0.1) is 12.5 Å². The first-order valence-electron chi connectivity index (χ1n) is 9.65. The predicted octanol–water partition coefficient (Wildman–Crippen LogP) is 2.10. The molecule has 0 aromatic heterocycles. The Morgan fingerprint density at radius 2 is 1.52 bits per heavy atom. The zero-order valence-corrected chi connectivity index (χ0v) is 16.5. The minimum Gasteiger partial charge on any atom is -0.480 e. The molecule has 0 bridgehead atoms. The molecular weight excluding hydrogens is 421 g/mol. The SMILES string of the molecule is O=C(O)C(F)(F)F.O=C(O)CN1CCC(c2ccc(C3CCC(=O)NC3=O)cc2)CC1. The zero-order chi connectivity index (χ0) is 23.2. The van der Waals surface area contributed by atoms with Gasteiger partial charge in [-0.3, -0.25) is 24.6 Å². The highest BCUT2D eigenvalue weighted by Crippen LogP contribution is 2.30. The Morgan fingerprint density at radius 1 is 1.00 bits per heavy atom. The Balaban J connectivity index is 0.000000423. The third kappa shape index (κ3) is 7.35. The fraction of sp³-hybridized carbons (Fsp3) is 0.500. The van der Waals surface area contributed by atoms with Crippen molar-refractivity contribution in [2.24, 2.45) is 0 Å². The summed E-state index contributed by atoms with van der Waals surface area (Å²) in [5.74, 6) is -3.74. The Bertz CT molecular complexity index is 817. The average Bonchev–Trinajstić information content (AvgIpc) is 2.68. The van der Waals surface area contributed by atoms with Gasteiger partial charge in [-0.1, -0.05) is 24.3 Å². The van der Waals surface area contributed by atoms with Crippen LogP contribution in [0.15, 0.2) is 24.3 Å². The van der Waals surface area contributed by atoms with Crippen molar-refractivity contribution in [1.82, 2.24) is 10.2 Å². The number of piperidine rings is 2. The number of nitrogens with zero attached hydrogens (tertiary/aromatic N) is 1. The van der Waals surface area contributed by atoms with Crippen LogP contribution in [0, 0.1) is 0 Å². The quantitative estimate of drug-likeness (QED) is 0.608. The van der Waals surface area contributed by atoms with E-state index in [1.165, 1.54) is 5.56 Å². The maximum Gasteiger partial charge on any atom is 0.490 e. The van der Waals surface area contributed by atoms with Crippen LogP contribution in [0.1, 0.15) is 48.6 Å². The summed E-state index contributed by atoms with van der Waals surface area (Å²) >= 11 is 0. The smallest absolute Gasteiger partial charge is 0.480 e. The van der Waals surface area contributed by atoms with Gasteiger partial charge < -0.3 is 10.2 Å². The molecule has 31 heavy (non-hydrogen) atoms. The number of rotatable bonds is 4. The molecule has 0 saturated carbocycles. The molecule has 1 aromatic carbocycles. The Labute approximate surface area is 176 Å². The number of benzene rings is 1. The fourth-order valence-corrected chi connectivity index (χ4v) is 3.63. The van der Waals surface area contributed by atoms with Crippen LogP contribution in [0.4, 0.5) is 13.2 Å². The van der Waals surface area contributed by atoms with E-state index in [0.717, 1.165) is 31.5 Å². The lowest BCUT2D eigenvalue weighted by atomic mass is 9.86. The molecule has 1 atom stereocenters. The first-order valence-corrected chi connectivity index (χ1v) is 9.65. The second kappa shape index (κ2) is 10.4. The first-order chi connectivity index (χ1) is 14.5. The highest BCUT2D eigenvalue weighted by Gasteiger charge is 2.38. The number of carboxylic acid groups (broad SMARTS) is 2. The largest absolute Gasteiger partial charge is 0.490 e. The second-order valence-corrected chi connectivity index (χ2v) is 7.42. The minimum absolute atomic E-state index is 0.112. The maximum absolute atomic E-state index is 11.9. The van der Waals surface area contributed by atoms with Crippen molar-refractivity contribution < 1.29 is 42.6 Å². The Hall–Kier alpha value is -2.95. The normalized spacial score (nSPS) is 20.4. The molecule has 2 fully saturated rings. The van der Waals surface area contributed by atoms with E-state index in [4.69, 9.17) is 15.0 Å². The summed E-state index contributed by atoms with van der Waals surface area (Å²) in [5.41, 5.74) is 2.19. The molecule has 1 aromatic rings. The van der Waals surface area contributed by atoms with Crippen molar-refractivity contribution >= 4 is 23.8 Å². The number of alkyl halides is 3. The fourth-order valence-electron chi connectivity index (χ4n) is 3.63. The van der Waals surface area contributed by atoms with E-state index >= 15 is 0 Å². The van der Waals surface area contributed by atoms with Crippen molar-refractivity contribution in [1.29, 1.82) is 0 Å². The van der Waals surface area contributed by atoms with Gasteiger partial charge in [0, 0.05) is 6.42 Å². The number of halogens is 3. The second-order valence-electron chi connectivity index (χ2n) is 7.42. The summed E-state index contributed by atoms with van der Waals surface area (Å²) in [7, 11) is 0. The van der Waals surface area contributed by atoms with Crippen LogP contribution in [-0.4, -0.2) is 64.7 Å². The van der Waals surface area contributed by atoms with Crippen LogP contribution in [0.2, 0.25) is 0 Å². The monoisotopic (exact) mass is 444 g/mol. The van der Waals surface area contributed by atoms with E-state index in [0.29, 0.717) is 18.8 Å². The predicted molar refractivity (Wildman–Crippen MR) is 101 cm³/mol. The molecule has 3 N–H and O–H groups in total. The summed E-state index contributed by atoms with van der Waals surface area (Å²) in [6.07, 6.45) is -2.23. The molecular formula is C20H23F3N2O6. The highest BCUT2D eigenvalue weighted by molar-refractivity contribution is 6.00. The van der Waals surface area contributed by atoms with E-state index in [9.17, 15) is 27.6 Å². The van der Waals surface area contributed by atoms with Crippen LogP contribution in [0.3, 0.4) is 0 Å². The number of carbonyl (C=O) groups excluding carboxylic acids is 2. The number of amides is 2. The third-order valence-corrected chi connectivity index (χ3v) is 5.24. The number of imide groups is 1. The van der Waals surface area contributed by atoms with Crippen LogP contribution < -0.4 is 5.32 Å². The van der Waals surface area contributed by atoms with Crippen molar-refractivity contribution in [3.8, 4) is 0 Å². The van der Waals surface area contributed by atoms with Gasteiger partial charge in [-0.05, 0) is 49.4 Å². The summed E-state index contributed by atoms with van der Waals surface area (Å²) in [6, 6.07) is 8.10. The van der Waals surface area contributed by atoms with E-state index in [1.807, 2.05) is 17.0 Å². The number of likely N-dealkylation sites (tertiary alicyclic amines) is 1. The van der Waals surface area contributed by atoms with Crippen LogP contribution in [-0.2, 0) is 19.2 Å². The topological polar surface area (TPSA) is 124 Å². The highest BCUT2D eigenvalue weighted by atomic mass is 19.4. The van der Waals surface area contributed by atoms with Crippen molar-refractivity contribution in [3.05, 3.63) is 35.4 Å². The zero-order valence-electron chi connectivity index (χ0n) is 16.5. The maximum atomic E-state index is 11.9. The molecule has 2 aliphatic rings. The van der Waals surface area contributed by atoms with Gasteiger partial charge in [0.15, 0.2) is 0 Å². The van der Waals surface area contributed by atoms with Gasteiger partial charge in [0.25, 0.3) is 0 Å². The molecule has 3 rings (SSSR count). The number of carbonyl (C=O) groups is 4. The lowest BCUT2D eigenvalue weighted by Crippen LogP contribution is -2.39. The van der Waals surface area contributed by atoms with Crippen molar-refractivity contribution in [3.63, 3.8) is 0 Å². The standard InChI is InChI=1S/C18H22N2O4.C2HF3O2/c21-16-6-5-15(18(24)19-16)14-3-1-12(2-4-14)13-7-9-20(10-8-13)11-17(22)23;3-2(4,5)1(6)7/h1-4,13,15H,5-11H2,(H,22,23)(H,19,21,24);(H,6,7). The Morgan fingerprint density at radius 3 is 1.97 bits per heavy atom. The van der Waals surface area contributed by atoms with Crippen LogP contribution in [0.25, 0.3) is 0 Å². The van der Waals surface area contributed by atoms with E-state index < -0.39 is 18.1 Å². The first kappa shape index (κ1) is 24.3. The van der Waals surface area contributed by atoms with Crippen LogP contribution in [0.5, 0.6) is 0 Å². The van der Waals surface area contributed by atoms with Gasteiger partial charge in [-0.25, -0.2) is 4.79 Å². The Kier molecular flexibility index (Phi) is 8.14. The molecule has 1 unspecified atom stereocenters. The molecule has 0 spiro atoms. The van der Waals surface area contributed by atoms with Crippen LogP contribution >= 0.6 is 0 Å². The summed E-state index contributed by atoms with van der Waals surface area (Å²) in [5, 5.41) is 18.4. The van der Waals surface area contributed by atoms with Gasteiger partial charge in [0.2, 0.25) is 11.8 Å². The number of aliphatic carboxylic acids is 2. The lowest BCUT2D eigenvalue weighted by molar-refractivity contribution is -0.192.